The summed E-state index contributed by atoms with van der Waals surface area (Å²) in [6, 6.07) is 18.0. The molecule has 0 saturated carbocycles. The van der Waals surface area contributed by atoms with Gasteiger partial charge in [0.05, 0.1) is 16.7 Å². The molecule has 4 aromatic rings. The van der Waals surface area contributed by atoms with Gasteiger partial charge in [-0.25, -0.2) is 9.97 Å². The number of anilines is 2. The number of aromatic nitrogens is 3. The molecule has 0 atom stereocenters. The Bertz CT molecular complexity index is 846. The SMILES string of the molecule is c1cnc2c(Nc3ncnc4ccccc34)cccc2c1. The van der Waals surface area contributed by atoms with Crippen LogP contribution in [0, 0.1) is 0 Å². The maximum Gasteiger partial charge on any atom is 0.141 e. The van der Waals surface area contributed by atoms with Crippen molar-refractivity contribution in [1.82, 2.24) is 15.0 Å². The second-order valence-electron chi connectivity index (χ2n) is 4.75. The first-order valence-corrected chi connectivity index (χ1v) is 6.72. The third-order valence-corrected chi connectivity index (χ3v) is 3.43. The minimum absolute atomic E-state index is 0.791. The number of para-hydroxylation sites is 2. The topological polar surface area (TPSA) is 50.7 Å². The summed E-state index contributed by atoms with van der Waals surface area (Å²) < 4.78 is 0. The van der Waals surface area contributed by atoms with Gasteiger partial charge in [-0.2, -0.15) is 0 Å². The molecule has 4 nitrogen and oxygen atoms in total. The maximum atomic E-state index is 4.45. The van der Waals surface area contributed by atoms with Crippen LogP contribution in [0.5, 0.6) is 0 Å². The van der Waals surface area contributed by atoms with E-state index in [1.165, 1.54) is 0 Å². The van der Waals surface area contributed by atoms with Crippen LogP contribution in [0.15, 0.2) is 67.1 Å². The van der Waals surface area contributed by atoms with E-state index in [2.05, 4.69) is 20.3 Å². The summed E-state index contributed by atoms with van der Waals surface area (Å²) in [4.78, 5) is 13.1. The van der Waals surface area contributed by atoms with Gasteiger partial charge < -0.3 is 5.32 Å². The van der Waals surface area contributed by atoms with Crippen LogP contribution in [0.2, 0.25) is 0 Å². The number of pyridine rings is 1. The lowest BCUT2D eigenvalue weighted by molar-refractivity contribution is 1.22. The van der Waals surface area contributed by atoms with E-state index in [1.807, 2.05) is 54.6 Å². The van der Waals surface area contributed by atoms with Crippen molar-refractivity contribution in [2.45, 2.75) is 0 Å². The molecule has 0 aliphatic carbocycles. The van der Waals surface area contributed by atoms with Crippen molar-refractivity contribution in [1.29, 1.82) is 0 Å². The van der Waals surface area contributed by atoms with Crippen molar-refractivity contribution in [3.8, 4) is 0 Å². The molecule has 2 heterocycles. The van der Waals surface area contributed by atoms with E-state index in [0.29, 0.717) is 0 Å². The maximum absolute atomic E-state index is 4.45. The molecule has 0 fully saturated rings. The average molecular weight is 272 g/mol. The minimum Gasteiger partial charge on any atom is -0.338 e. The van der Waals surface area contributed by atoms with E-state index >= 15 is 0 Å². The first-order chi connectivity index (χ1) is 10.4. The molecular formula is C17H12N4. The summed E-state index contributed by atoms with van der Waals surface area (Å²) in [5, 5.41) is 5.47. The van der Waals surface area contributed by atoms with Crippen molar-refractivity contribution < 1.29 is 0 Å². The molecule has 21 heavy (non-hydrogen) atoms. The molecule has 2 aromatic carbocycles. The summed E-state index contributed by atoms with van der Waals surface area (Å²) in [5.74, 6) is 0.791. The van der Waals surface area contributed by atoms with Gasteiger partial charge in [-0.15, -0.1) is 0 Å². The highest BCUT2D eigenvalue weighted by Gasteiger charge is 2.06. The Morgan fingerprint density at radius 2 is 1.67 bits per heavy atom. The Labute approximate surface area is 121 Å². The normalized spacial score (nSPS) is 10.9. The highest BCUT2D eigenvalue weighted by molar-refractivity contribution is 5.96. The van der Waals surface area contributed by atoms with Gasteiger partial charge in [0, 0.05) is 17.0 Å². The fraction of sp³-hybridized carbons (Fsp3) is 0. The molecular weight excluding hydrogens is 260 g/mol. The third-order valence-electron chi connectivity index (χ3n) is 3.43. The standard InChI is InChI=1S/C17H12N4/c1-2-8-14-13(7-1)17(20-11-19-14)21-15-9-3-5-12-6-4-10-18-16(12)15/h1-11H,(H,19,20,21). The van der Waals surface area contributed by atoms with E-state index in [4.69, 9.17) is 0 Å². The molecule has 1 N–H and O–H groups in total. The van der Waals surface area contributed by atoms with Crippen molar-refractivity contribution >= 4 is 33.3 Å². The number of hydrogen-bond donors (Lipinski definition) is 1. The molecule has 100 valence electrons. The zero-order valence-electron chi connectivity index (χ0n) is 11.2. The number of hydrogen-bond acceptors (Lipinski definition) is 4. The summed E-state index contributed by atoms with van der Waals surface area (Å²) >= 11 is 0. The predicted octanol–water partition coefficient (Wildman–Crippen LogP) is 3.92. The molecule has 0 saturated heterocycles. The van der Waals surface area contributed by atoms with Crippen molar-refractivity contribution in [2.75, 3.05) is 5.32 Å². The van der Waals surface area contributed by atoms with E-state index in [0.717, 1.165) is 33.3 Å². The highest BCUT2D eigenvalue weighted by Crippen LogP contribution is 2.26. The summed E-state index contributed by atoms with van der Waals surface area (Å²) in [6.45, 7) is 0. The third kappa shape index (κ3) is 2.07. The Balaban J connectivity index is 1.87. The Hall–Kier alpha value is -3.01. The second kappa shape index (κ2) is 4.83. The number of nitrogens with zero attached hydrogens (tertiary/aromatic N) is 3. The van der Waals surface area contributed by atoms with Crippen LogP contribution in [0.4, 0.5) is 11.5 Å². The summed E-state index contributed by atoms with van der Waals surface area (Å²) in [5.41, 5.74) is 2.79. The highest BCUT2D eigenvalue weighted by atomic mass is 15.0. The van der Waals surface area contributed by atoms with Crippen LogP contribution in [0.25, 0.3) is 21.8 Å². The second-order valence-corrected chi connectivity index (χ2v) is 4.75. The van der Waals surface area contributed by atoms with Crippen LogP contribution < -0.4 is 5.32 Å². The monoisotopic (exact) mass is 272 g/mol. The molecule has 2 aromatic heterocycles. The fourth-order valence-corrected chi connectivity index (χ4v) is 2.44. The molecule has 0 aliphatic heterocycles. The van der Waals surface area contributed by atoms with Crippen LogP contribution in [-0.4, -0.2) is 15.0 Å². The lowest BCUT2D eigenvalue weighted by Crippen LogP contribution is -1.97. The molecule has 0 amide bonds. The molecule has 0 aliphatic rings. The lowest BCUT2D eigenvalue weighted by Gasteiger charge is -2.10. The molecule has 4 heteroatoms. The Kier molecular flexibility index (Phi) is 2.71. The molecule has 4 rings (SSSR count). The quantitative estimate of drug-likeness (QED) is 0.601. The number of benzene rings is 2. The summed E-state index contributed by atoms with van der Waals surface area (Å²) in [6.07, 6.45) is 3.37. The van der Waals surface area contributed by atoms with Crippen LogP contribution >= 0.6 is 0 Å². The fourth-order valence-electron chi connectivity index (χ4n) is 2.44. The van der Waals surface area contributed by atoms with E-state index in [-0.39, 0.29) is 0 Å². The van der Waals surface area contributed by atoms with Crippen LogP contribution in [-0.2, 0) is 0 Å². The zero-order valence-corrected chi connectivity index (χ0v) is 11.2. The largest absolute Gasteiger partial charge is 0.338 e. The van der Waals surface area contributed by atoms with Crippen molar-refractivity contribution in [3.05, 3.63) is 67.1 Å². The minimum atomic E-state index is 0.791. The molecule has 0 spiro atoms. The van der Waals surface area contributed by atoms with Gasteiger partial charge >= 0.3 is 0 Å². The smallest absolute Gasteiger partial charge is 0.141 e. The first kappa shape index (κ1) is 11.8. The van der Waals surface area contributed by atoms with Gasteiger partial charge in [0.15, 0.2) is 0 Å². The molecule has 0 unspecified atom stereocenters. The predicted molar refractivity (Wildman–Crippen MR) is 84.6 cm³/mol. The first-order valence-electron chi connectivity index (χ1n) is 6.72. The van der Waals surface area contributed by atoms with Crippen LogP contribution in [0.3, 0.4) is 0 Å². The van der Waals surface area contributed by atoms with Crippen molar-refractivity contribution in [3.63, 3.8) is 0 Å². The Morgan fingerprint density at radius 3 is 2.67 bits per heavy atom. The number of nitrogens with one attached hydrogen (secondary N) is 1. The lowest BCUT2D eigenvalue weighted by atomic mass is 10.2. The van der Waals surface area contributed by atoms with Gasteiger partial charge in [0.2, 0.25) is 0 Å². The Morgan fingerprint density at radius 1 is 0.762 bits per heavy atom. The van der Waals surface area contributed by atoms with E-state index in [9.17, 15) is 0 Å². The summed E-state index contributed by atoms with van der Waals surface area (Å²) in [7, 11) is 0. The molecule has 0 radical (unpaired) electrons. The zero-order chi connectivity index (χ0) is 14.1. The van der Waals surface area contributed by atoms with Crippen molar-refractivity contribution in [2.24, 2.45) is 0 Å². The average Bonchev–Trinajstić information content (AvgIpc) is 2.56. The van der Waals surface area contributed by atoms with Gasteiger partial charge in [-0.05, 0) is 24.3 Å². The van der Waals surface area contributed by atoms with Gasteiger partial charge in [0.1, 0.15) is 12.1 Å². The van der Waals surface area contributed by atoms with Gasteiger partial charge in [-0.3, -0.25) is 4.98 Å². The van der Waals surface area contributed by atoms with Gasteiger partial charge in [-0.1, -0.05) is 30.3 Å². The van der Waals surface area contributed by atoms with E-state index in [1.54, 1.807) is 12.5 Å². The van der Waals surface area contributed by atoms with Gasteiger partial charge in [0.25, 0.3) is 0 Å². The van der Waals surface area contributed by atoms with E-state index < -0.39 is 0 Å². The van der Waals surface area contributed by atoms with Crippen LogP contribution in [0.1, 0.15) is 0 Å². The number of rotatable bonds is 2. The molecule has 0 bridgehead atoms. The number of fused-ring (bicyclic) bond motifs is 2.